The number of carbonyl (C=O) groups is 2. The van der Waals surface area contributed by atoms with Gasteiger partial charge in [0.15, 0.2) is 0 Å². The van der Waals surface area contributed by atoms with Crippen molar-refractivity contribution in [1.29, 1.82) is 0 Å². The zero-order chi connectivity index (χ0) is 17.0. The van der Waals surface area contributed by atoms with Crippen molar-refractivity contribution < 1.29 is 14.7 Å². The second-order valence-electron chi connectivity index (χ2n) is 5.86. The first-order valence-corrected chi connectivity index (χ1v) is 8.17. The van der Waals surface area contributed by atoms with Gasteiger partial charge in [0.2, 0.25) is 5.91 Å². The molecule has 0 aromatic carbocycles. The fraction of sp³-hybridized carbons (Fsp3) is 0.562. The maximum Gasteiger partial charge on any atom is 0.303 e. The van der Waals surface area contributed by atoms with Crippen molar-refractivity contribution in [2.75, 3.05) is 6.54 Å². The zero-order valence-corrected chi connectivity index (χ0v) is 14.2. The molecule has 1 atom stereocenters. The van der Waals surface area contributed by atoms with Crippen LogP contribution in [0.3, 0.4) is 0 Å². The Kier molecular flexibility index (Phi) is 5.82. The lowest BCUT2D eigenvalue weighted by atomic mass is 9.97. The summed E-state index contributed by atoms with van der Waals surface area (Å²) >= 11 is 6.16. The molecule has 2 rings (SSSR count). The molecule has 6 nitrogen and oxygen atoms in total. The van der Waals surface area contributed by atoms with Gasteiger partial charge in [0, 0.05) is 37.7 Å². The summed E-state index contributed by atoms with van der Waals surface area (Å²) in [4.78, 5) is 25.0. The number of likely N-dealkylation sites (tertiary alicyclic amines) is 1. The minimum Gasteiger partial charge on any atom is -0.481 e. The van der Waals surface area contributed by atoms with E-state index in [0.717, 1.165) is 30.5 Å². The Labute approximate surface area is 140 Å². The Morgan fingerprint density at radius 2 is 2.17 bits per heavy atom. The molecule has 0 bridgehead atoms. The predicted octanol–water partition coefficient (Wildman–Crippen LogP) is 2.64. The van der Waals surface area contributed by atoms with E-state index in [2.05, 4.69) is 5.10 Å². The number of aromatic nitrogens is 2. The molecule has 7 heteroatoms. The lowest BCUT2D eigenvalue weighted by Crippen LogP contribution is -2.43. The molecule has 0 aliphatic carbocycles. The SMILES string of the molecule is Cc1nn(C)c(Cl)c1/C=C/C(=O)N1CCCCC1CCC(=O)O. The highest BCUT2D eigenvalue weighted by molar-refractivity contribution is 6.31. The van der Waals surface area contributed by atoms with Crippen molar-refractivity contribution in [3.63, 3.8) is 0 Å². The molecule has 1 N–H and O–H groups in total. The maximum atomic E-state index is 12.5. The number of carboxylic acids is 1. The highest BCUT2D eigenvalue weighted by Gasteiger charge is 2.25. The van der Waals surface area contributed by atoms with Gasteiger partial charge in [0.25, 0.3) is 0 Å². The Balaban J connectivity index is 2.07. The standard InChI is InChI=1S/C16H22ClN3O3/c1-11-13(16(17)19(2)18-11)7-8-14(21)20-10-4-3-5-12(20)6-9-15(22)23/h7-8,12H,3-6,9-10H2,1-2H3,(H,22,23)/b8-7+. The number of carbonyl (C=O) groups excluding carboxylic acids is 1. The molecule has 23 heavy (non-hydrogen) atoms. The molecule has 1 saturated heterocycles. The van der Waals surface area contributed by atoms with E-state index in [1.54, 1.807) is 22.7 Å². The third-order valence-corrected chi connectivity index (χ3v) is 4.64. The summed E-state index contributed by atoms with van der Waals surface area (Å²) < 4.78 is 1.57. The first-order valence-electron chi connectivity index (χ1n) is 7.79. The molecule has 1 unspecified atom stereocenters. The largest absolute Gasteiger partial charge is 0.481 e. The molecule has 0 saturated carbocycles. The van der Waals surface area contributed by atoms with Crippen molar-refractivity contribution >= 4 is 29.6 Å². The summed E-state index contributed by atoms with van der Waals surface area (Å²) in [7, 11) is 1.75. The second kappa shape index (κ2) is 7.64. The molecule has 1 aliphatic rings. The first kappa shape index (κ1) is 17.5. The van der Waals surface area contributed by atoms with Gasteiger partial charge in [0.1, 0.15) is 5.15 Å². The van der Waals surface area contributed by atoms with E-state index >= 15 is 0 Å². The summed E-state index contributed by atoms with van der Waals surface area (Å²) in [6.45, 7) is 2.51. The molecule has 1 aliphatic heterocycles. The van der Waals surface area contributed by atoms with Crippen LogP contribution in [0.5, 0.6) is 0 Å². The van der Waals surface area contributed by atoms with Gasteiger partial charge in [-0.1, -0.05) is 11.6 Å². The highest BCUT2D eigenvalue weighted by atomic mass is 35.5. The normalized spacial score (nSPS) is 18.6. The van der Waals surface area contributed by atoms with Crippen LogP contribution in [-0.4, -0.2) is 44.3 Å². The second-order valence-corrected chi connectivity index (χ2v) is 6.22. The minimum absolute atomic E-state index is 0.00228. The Morgan fingerprint density at radius 3 is 2.78 bits per heavy atom. The number of piperidine rings is 1. The van der Waals surface area contributed by atoms with E-state index in [9.17, 15) is 9.59 Å². The van der Waals surface area contributed by atoms with Crippen molar-refractivity contribution in [2.45, 2.75) is 45.1 Å². The smallest absolute Gasteiger partial charge is 0.303 e. The van der Waals surface area contributed by atoms with Crippen LogP contribution in [0.25, 0.3) is 6.08 Å². The summed E-state index contributed by atoms with van der Waals surface area (Å²) in [5.74, 6) is -0.921. The Bertz CT molecular complexity index is 624. The van der Waals surface area contributed by atoms with E-state index in [1.165, 1.54) is 6.08 Å². The highest BCUT2D eigenvalue weighted by Crippen LogP contribution is 2.23. The molecule has 1 amide bonds. The summed E-state index contributed by atoms with van der Waals surface area (Å²) in [5.41, 5.74) is 1.50. The molecular weight excluding hydrogens is 318 g/mol. The molecule has 0 radical (unpaired) electrons. The molecule has 1 fully saturated rings. The Hall–Kier alpha value is -1.82. The van der Waals surface area contributed by atoms with Crippen LogP contribution in [0, 0.1) is 6.92 Å². The van der Waals surface area contributed by atoms with Gasteiger partial charge in [-0.2, -0.15) is 5.10 Å². The summed E-state index contributed by atoms with van der Waals surface area (Å²) in [6.07, 6.45) is 6.64. The minimum atomic E-state index is -0.823. The summed E-state index contributed by atoms with van der Waals surface area (Å²) in [6, 6.07) is 0.00228. The molecule has 126 valence electrons. The number of aliphatic carboxylic acids is 1. The van der Waals surface area contributed by atoms with E-state index in [1.807, 2.05) is 6.92 Å². The predicted molar refractivity (Wildman–Crippen MR) is 88.2 cm³/mol. The molecule has 0 spiro atoms. The van der Waals surface area contributed by atoms with Crippen LogP contribution in [-0.2, 0) is 16.6 Å². The quantitative estimate of drug-likeness (QED) is 0.837. The van der Waals surface area contributed by atoms with E-state index < -0.39 is 5.97 Å². The number of amides is 1. The average Bonchev–Trinajstić information content (AvgIpc) is 2.76. The third-order valence-electron chi connectivity index (χ3n) is 4.19. The lowest BCUT2D eigenvalue weighted by molar-refractivity contribution is -0.138. The number of nitrogens with zero attached hydrogens (tertiary/aromatic N) is 3. The topological polar surface area (TPSA) is 75.4 Å². The van der Waals surface area contributed by atoms with Gasteiger partial charge in [-0.25, -0.2) is 0 Å². The van der Waals surface area contributed by atoms with Crippen LogP contribution in [0.2, 0.25) is 5.15 Å². The fourth-order valence-corrected chi connectivity index (χ4v) is 3.20. The van der Waals surface area contributed by atoms with Crippen LogP contribution < -0.4 is 0 Å². The van der Waals surface area contributed by atoms with Gasteiger partial charge >= 0.3 is 5.97 Å². The molecule has 1 aromatic rings. The lowest BCUT2D eigenvalue weighted by Gasteiger charge is -2.35. The van der Waals surface area contributed by atoms with Gasteiger partial charge in [-0.05, 0) is 38.7 Å². The van der Waals surface area contributed by atoms with E-state index in [-0.39, 0.29) is 18.4 Å². The van der Waals surface area contributed by atoms with E-state index in [4.69, 9.17) is 16.7 Å². The number of rotatable bonds is 5. The fourth-order valence-electron chi connectivity index (χ4n) is 2.97. The number of hydrogen-bond acceptors (Lipinski definition) is 3. The monoisotopic (exact) mass is 339 g/mol. The van der Waals surface area contributed by atoms with Gasteiger partial charge in [-0.15, -0.1) is 0 Å². The van der Waals surface area contributed by atoms with Crippen LogP contribution >= 0.6 is 11.6 Å². The van der Waals surface area contributed by atoms with Gasteiger partial charge < -0.3 is 10.0 Å². The van der Waals surface area contributed by atoms with Gasteiger partial charge in [0.05, 0.1) is 5.69 Å². The van der Waals surface area contributed by atoms with Crippen molar-refractivity contribution in [1.82, 2.24) is 14.7 Å². The van der Waals surface area contributed by atoms with E-state index in [0.29, 0.717) is 18.1 Å². The van der Waals surface area contributed by atoms with Gasteiger partial charge in [-0.3, -0.25) is 14.3 Å². The van der Waals surface area contributed by atoms with Crippen molar-refractivity contribution in [3.05, 3.63) is 22.5 Å². The number of hydrogen-bond donors (Lipinski definition) is 1. The van der Waals surface area contributed by atoms with Crippen molar-refractivity contribution in [3.8, 4) is 0 Å². The zero-order valence-electron chi connectivity index (χ0n) is 13.5. The third kappa shape index (κ3) is 4.34. The molecule has 1 aromatic heterocycles. The van der Waals surface area contributed by atoms with Crippen molar-refractivity contribution in [2.24, 2.45) is 7.05 Å². The molecular formula is C16H22ClN3O3. The Morgan fingerprint density at radius 1 is 1.43 bits per heavy atom. The number of aryl methyl sites for hydroxylation is 2. The average molecular weight is 340 g/mol. The maximum absolute atomic E-state index is 12.5. The number of carboxylic acid groups (broad SMARTS) is 1. The summed E-state index contributed by atoms with van der Waals surface area (Å²) in [5, 5.41) is 13.5. The first-order chi connectivity index (χ1) is 10.9. The number of halogens is 1. The van der Waals surface area contributed by atoms with Crippen LogP contribution in [0.4, 0.5) is 0 Å². The van der Waals surface area contributed by atoms with Crippen LogP contribution in [0.15, 0.2) is 6.08 Å². The molecule has 2 heterocycles. The van der Waals surface area contributed by atoms with Crippen LogP contribution in [0.1, 0.15) is 43.4 Å².